The molecule has 160 valence electrons. The summed E-state index contributed by atoms with van der Waals surface area (Å²) in [6, 6.07) is 17.9. The number of hydrogen-bond acceptors (Lipinski definition) is 5. The van der Waals surface area contributed by atoms with Crippen LogP contribution in [-0.2, 0) is 9.59 Å². The van der Waals surface area contributed by atoms with Crippen molar-refractivity contribution >= 4 is 28.8 Å². The number of ether oxygens (including phenoxy) is 2. The number of anilines is 2. The zero-order chi connectivity index (χ0) is 22.2. The van der Waals surface area contributed by atoms with Crippen molar-refractivity contribution < 1.29 is 23.5 Å². The van der Waals surface area contributed by atoms with E-state index in [2.05, 4.69) is 5.32 Å². The molecule has 0 aromatic heterocycles. The smallest absolute Gasteiger partial charge is 0.282 e. The molecule has 2 aliphatic heterocycles. The van der Waals surface area contributed by atoms with Crippen LogP contribution in [0.5, 0.6) is 11.5 Å². The summed E-state index contributed by atoms with van der Waals surface area (Å²) in [6.07, 6.45) is 0. The molecule has 3 aromatic carbocycles. The Morgan fingerprint density at radius 3 is 2.38 bits per heavy atom. The molecule has 0 aliphatic carbocycles. The zero-order valence-electron chi connectivity index (χ0n) is 17.2. The second-order valence-corrected chi connectivity index (χ2v) is 7.53. The van der Waals surface area contributed by atoms with Crippen LogP contribution in [0.2, 0.25) is 0 Å². The summed E-state index contributed by atoms with van der Waals surface area (Å²) in [5.41, 5.74) is 2.68. The summed E-state index contributed by atoms with van der Waals surface area (Å²) in [7, 11) is 0. The minimum Gasteiger partial charge on any atom is -0.486 e. The Bertz CT molecular complexity index is 1270. The number of hydrogen-bond donors (Lipinski definition) is 1. The minimum absolute atomic E-state index is 0.111. The Hall–Kier alpha value is -4.13. The summed E-state index contributed by atoms with van der Waals surface area (Å²) in [4.78, 5) is 28.0. The summed E-state index contributed by atoms with van der Waals surface area (Å²) in [5.74, 6) is -0.229. The maximum Gasteiger partial charge on any atom is 0.282 e. The predicted molar refractivity (Wildman–Crippen MR) is 118 cm³/mol. The number of nitrogens with one attached hydrogen (secondary N) is 1. The highest BCUT2D eigenvalue weighted by Gasteiger charge is 2.40. The van der Waals surface area contributed by atoms with E-state index in [9.17, 15) is 14.0 Å². The highest BCUT2D eigenvalue weighted by molar-refractivity contribution is 6.46. The number of rotatable bonds is 4. The van der Waals surface area contributed by atoms with Crippen LogP contribution in [0, 0.1) is 12.7 Å². The van der Waals surface area contributed by atoms with Crippen LogP contribution in [0.15, 0.2) is 72.4 Å². The van der Waals surface area contributed by atoms with E-state index in [0.29, 0.717) is 41.7 Å². The first-order chi connectivity index (χ1) is 15.5. The minimum atomic E-state index is -0.491. The lowest BCUT2D eigenvalue weighted by atomic mass is 10.0. The van der Waals surface area contributed by atoms with Crippen LogP contribution in [0.25, 0.3) is 5.57 Å². The molecule has 0 fully saturated rings. The average Bonchev–Trinajstić information content (AvgIpc) is 3.03. The Kier molecular flexibility index (Phi) is 4.86. The van der Waals surface area contributed by atoms with Crippen LogP contribution in [0.4, 0.5) is 15.8 Å². The van der Waals surface area contributed by atoms with Gasteiger partial charge in [0.15, 0.2) is 11.5 Å². The zero-order valence-corrected chi connectivity index (χ0v) is 17.2. The van der Waals surface area contributed by atoms with Gasteiger partial charge in [-0.05, 0) is 54.4 Å². The fourth-order valence-electron chi connectivity index (χ4n) is 3.80. The molecule has 0 atom stereocenters. The average molecular weight is 430 g/mol. The fraction of sp³-hybridized carbons (Fsp3) is 0.120. The van der Waals surface area contributed by atoms with E-state index in [1.165, 1.54) is 24.3 Å². The molecule has 2 amide bonds. The molecule has 32 heavy (non-hydrogen) atoms. The maximum atomic E-state index is 13.5. The predicted octanol–water partition coefficient (Wildman–Crippen LogP) is 4.30. The molecule has 0 bridgehead atoms. The molecule has 0 radical (unpaired) electrons. The monoisotopic (exact) mass is 430 g/mol. The van der Waals surface area contributed by atoms with Crippen molar-refractivity contribution in [1.29, 1.82) is 0 Å². The largest absolute Gasteiger partial charge is 0.486 e. The molecule has 0 saturated carbocycles. The van der Waals surface area contributed by atoms with Crippen LogP contribution < -0.4 is 19.7 Å². The van der Waals surface area contributed by atoms with E-state index in [1.807, 2.05) is 13.0 Å². The van der Waals surface area contributed by atoms with Crippen molar-refractivity contribution in [2.45, 2.75) is 6.92 Å². The summed E-state index contributed by atoms with van der Waals surface area (Å²) < 4.78 is 24.7. The van der Waals surface area contributed by atoms with Crippen molar-refractivity contribution in [3.05, 3.63) is 89.4 Å². The number of fused-ring (bicyclic) bond motifs is 1. The number of nitrogens with zero attached hydrogens (tertiary/aromatic N) is 1. The van der Waals surface area contributed by atoms with Crippen molar-refractivity contribution in [1.82, 2.24) is 0 Å². The van der Waals surface area contributed by atoms with Gasteiger partial charge in [0.2, 0.25) is 0 Å². The van der Waals surface area contributed by atoms with Crippen LogP contribution in [0.1, 0.15) is 11.1 Å². The molecule has 2 heterocycles. The number of amides is 2. The molecule has 7 heteroatoms. The van der Waals surface area contributed by atoms with Crippen molar-refractivity contribution in [2.75, 3.05) is 23.4 Å². The quantitative estimate of drug-likeness (QED) is 0.625. The Labute approximate surface area is 183 Å². The third-order valence-corrected chi connectivity index (χ3v) is 5.29. The first kappa shape index (κ1) is 19.8. The molecule has 1 N–H and O–H groups in total. The lowest BCUT2D eigenvalue weighted by Gasteiger charge is -2.19. The molecule has 2 aliphatic rings. The van der Waals surface area contributed by atoms with Gasteiger partial charge < -0.3 is 14.8 Å². The molecule has 0 saturated heterocycles. The van der Waals surface area contributed by atoms with Crippen molar-refractivity contribution in [3.63, 3.8) is 0 Å². The number of halogens is 1. The number of imide groups is 1. The number of aryl methyl sites for hydroxylation is 1. The first-order valence-corrected chi connectivity index (χ1v) is 10.1. The summed E-state index contributed by atoms with van der Waals surface area (Å²) in [6.45, 7) is 2.79. The summed E-state index contributed by atoms with van der Waals surface area (Å²) >= 11 is 0. The highest BCUT2D eigenvalue weighted by Crippen LogP contribution is 2.37. The molecule has 5 rings (SSSR count). The van der Waals surface area contributed by atoms with Gasteiger partial charge in [0.25, 0.3) is 11.8 Å². The number of carbonyl (C=O) groups excluding carboxylic acids is 2. The Morgan fingerprint density at radius 2 is 1.62 bits per heavy atom. The van der Waals surface area contributed by atoms with E-state index in [0.717, 1.165) is 10.5 Å². The van der Waals surface area contributed by atoms with Gasteiger partial charge >= 0.3 is 0 Å². The number of carbonyl (C=O) groups is 2. The lowest BCUT2D eigenvalue weighted by Crippen LogP contribution is -2.32. The van der Waals surface area contributed by atoms with E-state index >= 15 is 0 Å². The van der Waals surface area contributed by atoms with Crippen LogP contribution in [0.3, 0.4) is 0 Å². The molecule has 3 aromatic rings. The fourth-order valence-corrected chi connectivity index (χ4v) is 3.80. The van der Waals surface area contributed by atoms with Gasteiger partial charge in [0.1, 0.15) is 24.7 Å². The third-order valence-electron chi connectivity index (χ3n) is 5.29. The van der Waals surface area contributed by atoms with Gasteiger partial charge in [-0.1, -0.05) is 24.3 Å². The van der Waals surface area contributed by atoms with E-state index in [1.54, 1.807) is 36.4 Å². The van der Waals surface area contributed by atoms with Crippen molar-refractivity contribution in [2.24, 2.45) is 0 Å². The van der Waals surface area contributed by atoms with E-state index < -0.39 is 17.6 Å². The number of benzene rings is 3. The summed E-state index contributed by atoms with van der Waals surface area (Å²) in [5, 5.41) is 3.09. The Morgan fingerprint density at radius 1 is 0.875 bits per heavy atom. The van der Waals surface area contributed by atoms with Crippen LogP contribution >= 0.6 is 0 Å². The molecular weight excluding hydrogens is 411 g/mol. The van der Waals surface area contributed by atoms with Gasteiger partial charge in [0.05, 0.1) is 11.3 Å². The van der Waals surface area contributed by atoms with Gasteiger partial charge in [0, 0.05) is 11.8 Å². The maximum absolute atomic E-state index is 13.5. The standard InChI is InChI=1S/C25H19FN2O4/c1-15-3-2-4-19(13-15)28-24(29)22(16-5-7-17(26)8-6-16)23(25(28)30)27-18-9-10-20-21(14-18)32-12-11-31-20/h2-10,13-14,27H,11-12H2,1H3. The molecular formula is C25H19FN2O4. The third kappa shape index (κ3) is 3.47. The highest BCUT2D eigenvalue weighted by atomic mass is 19.1. The van der Waals surface area contributed by atoms with E-state index in [4.69, 9.17) is 9.47 Å². The van der Waals surface area contributed by atoms with Crippen LogP contribution in [-0.4, -0.2) is 25.0 Å². The van der Waals surface area contributed by atoms with E-state index in [-0.39, 0.29) is 11.3 Å². The SMILES string of the molecule is Cc1cccc(N2C(=O)C(Nc3ccc4c(c3)OCCO4)=C(c3ccc(F)cc3)C2=O)c1. The van der Waals surface area contributed by atoms with Gasteiger partial charge in [-0.15, -0.1) is 0 Å². The molecule has 0 unspecified atom stereocenters. The second-order valence-electron chi connectivity index (χ2n) is 7.53. The van der Waals surface area contributed by atoms with Gasteiger partial charge in [-0.3, -0.25) is 9.59 Å². The first-order valence-electron chi connectivity index (χ1n) is 10.1. The lowest BCUT2D eigenvalue weighted by molar-refractivity contribution is -0.120. The van der Waals surface area contributed by atoms with Gasteiger partial charge in [-0.25, -0.2) is 9.29 Å². The topological polar surface area (TPSA) is 67.9 Å². The van der Waals surface area contributed by atoms with Crippen molar-refractivity contribution in [3.8, 4) is 11.5 Å². The normalized spacial score (nSPS) is 15.4. The molecule has 6 nitrogen and oxygen atoms in total. The van der Waals surface area contributed by atoms with Gasteiger partial charge in [-0.2, -0.15) is 0 Å². The Balaban J connectivity index is 1.59. The second kappa shape index (κ2) is 7.85. The molecule has 0 spiro atoms.